The molecule has 2 nitrogen and oxygen atoms in total. The van der Waals surface area contributed by atoms with Crippen LogP contribution in [0.3, 0.4) is 0 Å². The van der Waals surface area contributed by atoms with Gasteiger partial charge in [0.2, 0.25) is 0 Å². The second-order valence-electron chi connectivity index (χ2n) is 4.47. The minimum atomic E-state index is 0.482. The van der Waals surface area contributed by atoms with Gasteiger partial charge in [-0.1, -0.05) is 13.0 Å². The molecule has 3 heteroatoms. The lowest BCUT2D eigenvalue weighted by molar-refractivity contribution is 0.413. The standard InChI is InChI=1S/C14H21NOS/c1-4-7-15-14-12-9-11(16-2)6-5-10(12)8-13(14)17-3/h5-6,9,13-15H,4,7-8H2,1-3H3. The van der Waals surface area contributed by atoms with Crippen LogP contribution in [-0.4, -0.2) is 25.2 Å². The third-order valence-electron chi connectivity index (χ3n) is 3.40. The summed E-state index contributed by atoms with van der Waals surface area (Å²) in [4.78, 5) is 0. The molecule has 2 rings (SSSR count). The summed E-state index contributed by atoms with van der Waals surface area (Å²) in [6.07, 6.45) is 4.55. The van der Waals surface area contributed by atoms with Gasteiger partial charge in [-0.25, -0.2) is 0 Å². The molecule has 0 saturated heterocycles. The van der Waals surface area contributed by atoms with Crippen molar-refractivity contribution in [3.05, 3.63) is 29.3 Å². The zero-order valence-corrected chi connectivity index (χ0v) is 11.6. The molecule has 1 aromatic carbocycles. The number of fused-ring (bicyclic) bond motifs is 1. The first-order valence-electron chi connectivity index (χ1n) is 6.23. The van der Waals surface area contributed by atoms with Crippen molar-refractivity contribution in [1.29, 1.82) is 0 Å². The average Bonchev–Trinajstić information content (AvgIpc) is 2.73. The Bertz CT molecular complexity index is 380. The van der Waals surface area contributed by atoms with Crippen molar-refractivity contribution < 1.29 is 4.74 Å². The fourth-order valence-electron chi connectivity index (χ4n) is 2.47. The Hall–Kier alpha value is -0.670. The zero-order valence-electron chi connectivity index (χ0n) is 10.8. The van der Waals surface area contributed by atoms with Crippen LogP contribution in [0, 0.1) is 0 Å². The second kappa shape index (κ2) is 5.78. The monoisotopic (exact) mass is 251 g/mol. The molecule has 1 aliphatic carbocycles. The maximum Gasteiger partial charge on any atom is 0.119 e. The lowest BCUT2D eigenvalue weighted by Crippen LogP contribution is -2.27. The van der Waals surface area contributed by atoms with Gasteiger partial charge < -0.3 is 10.1 Å². The highest BCUT2D eigenvalue weighted by Gasteiger charge is 2.31. The summed E-state index contributed by atoms with van der Waals surface area (Å²) in [6, 6.07) is 6.96. The molecule has 0 fully saturated rings. The molecule has 0 aromatic heterocycles. The van der Waals surface area contributed by atoms with E-state index < -0.39 is 0 Å². The van der Waals surface area contributed by atoms with Gasteiger partial charge in [-0.3, -0.25) is 0 Å². The minimum Gasteiger partial charge on any atom is -0.497 e. The van der Waals surface area contributed by atoms with Crippen LogP contribution >= 0.6 is 11.8 Å². The molecule has 1 aromatic rings. The van der Waals surface area contributed by atoms with Gasteiger partial charge in [-0.05, 0) is 48.9 Å². The molecule has 0 spiro atoms. The Morgan fingerprint density at radius 3 is 2.94 bits per heavy atom. The van der Waals surface area contributed by atoms with Crippen LogP contribution in [0.5, 0.6) is 5.75 Å². The molecule has 2 atom stereocenters. The molecule has 17 heavy (non-hydrogen) atoms. The highest BCUT2D eigenvalue weighted by molar-refractivity contribution is 7.99. The average molecular weight is 251 g/mol. The van der Waals surface area contributed by atoms with E-state index in [4.69, 9.17) is 4.74 Å². The third-order valence-corrected chi connectivity index (χ3v) is 4.44. The first-order valence-corrected chi connectivity index (χ1v) is 7.52. The molecule has 94 valence electrons. The molecule has 0 aliphatic heterocycles. The number of hydrogen-bond acceptors (Lipinski definition) is 3. The number of rotatable bonds is 5. The van der Waals surface area contributed by atoms with Gasteiger partial charge >= 0.3 is 0 Å². The summed E-state index contributed by atoms with van der Waals surface area (Å²) in [5, 5.41) is 4.32. The fraction of sp³-hybridized carbons (Fsp3) is 0.571. The molecule has 0 amide bonds. The lowest BCUT2D eigenvalue weighted by atomic mass is 10.1. The Balaban J connectivity index is 2.24. The number of benzene rings is 1. The van der Waals surface area contributed by atoms with Crippen molar-refractivity contribution in [1.82, 2.24) is 5.32 Å². The number of thioether (sulfide) groups is 1. The molecular weight excluding hydrogens is 230 g/mol. The Labute approximate surface area is 108 Å². The number of nitrogens with one attached hydrogen (secondary N) is 1. The molecule has 2 unspecified atom stereocenters. The van der Waals surface area contributed by atoms with Crippen molar-refractivity contribution in [3.63, 3.8) is 0 Å². The fourth-order valence-corrected chi connectivity index (χ4v) is 3.33. The van der Waals surface area contributed by atoms with Gasteiger partial charge in [0, 0.05) is 11.3 Å². The van der Waals surface area contributed by atoms with E-state index in [1.165, 1.54) is 24.0 Å². The third kappa shape index (κ3) is 2.61. The zero-order chi connectivity index (χ0) is 12.3. The second-order valence-corrected chi connectivity index (χ2v) is 5.55. The van der Waals surface area contributed by atoms with Crippen LogP contribution in [-0.2, 0) is 6.42 Å². The quantitative estimate of drug-likeness (QED) is 0.869. The SMILES string of the molecule is CCCNC1c2cc(OC)ccc2CC1SC. The van der Waals surface area contributed by atoms with Crippen molar-refractivity contribution >= 4 is 11.8 Å². The number of methoxy groups -OCH3 is 1. The first-order chi connectivity index (χ1) is 8.30. The topological polar surface area (TPSA) is 21.3 Å². The smallest absolute Gasteiger partial charge is 0.119 e. The van der Waals surface area contributed by atoms with Gasteiger partial charge in [0.25, 0.3) is 0 Å². The van der Waals surface area contributed by atoms with Crippen LogP contribution in [0.4, 0.5) is 0 Å². The summed E-state index contributed by atoms with van der Waals surface area (Å²) in [7, 11) is 1.73. The first kappa shape index (κ1) is 12.8. The van der Waals surface area contributed by atoms with Crippen LogP contribution in [0.15, 0.2) is 18.2 Å². The molecule has 0 saturated carbocycles. The van der Waals surface area contributed by atoms with Crippen molar-refractivity contribution in [2.24, 2.45) is 0 Å². The predicted molar refractivity (Wildman–Crippen MR) is 75.0 cm³/mol. The van der Waals surface area contributed by atoms with Crippen LogP contribution in [0.2, 0.25) is 0 Å². The summed E-state index contributed by atoms with van der Waals surface area (Å²) in [5.74, 6) is 0.966. The molecule has 0 radical (unpaired) electrons. The summed E-state index contributed by atoms with van der Waals surface area (Å²) >= 11 is 1.96. The van der Waals surface area contributed by atoms with E-state index in [2.05, 4.69) is 36.7 Å². The number of ether oxygens (including phenoxy) is 1. The van der Waals surface area contributed by atoms with E-state index >= 15 is 0 Å². The molecule has 0 bridgehead atoms. The molecule has 1 N–H and O–H groups in total. The minimum absolute atomic E-state index is 0.482. The van der Waals surface area contributed by atoms with E-state index in [1.54, 1.807) is 7.11 Å². The van der Waals surface area contributed by atoms with E-state index in [0.29, 0.717) is 11.3 Å². The normalized spacial score (nSPS) is 22.5. The van der Waals surface area contributed by atoms with Gasteiger partial charge in [0.15, 0.2) is 0 Å². The maximum absolute atomic E-state index is 5.33. The highest BCUT2D eigenvalue weighted by atomic mass is 32.2. The largest absolute Gasteiger partial charge is 0.497 e. The predicted octanol–water partition coefficient (Wildman–Crippen LogP) is 3.02. The van der Waals surface area contributed by atoms with Crippen molar-refractivity contribution in [3.8, 4) is 5.75 Å². The molecule has 1 aliphatic rings. The summed E-state index contributed by atoms with van der Waals surface area (Å²) in [5.41, 5.74) is 2.90. The van der Waals surface area contributed by atoms with Crippen molar-refractivity contribution in [2.75, 3.05) is 19.9 Å². The van der Waals surface area contributed by atoms with E-state index in [-0.39, 0.29) is 0 Å². The Morgan fingerprint density at radius 2 is 2.29 bits per heavy atom. The van der Waals surface area contributed by atoms with E-state index in [9.17, 15) is 0 Å². The lowest BCUT2D eigenvalue weighted by Gasteiger charge is -2.20. The van der Waals surface area contributed by atoms with Crippen LogP contribution < -0.4 is 10.1 Å². The molecular formula is C14H21NOS. The summed E-state index contributed by atoms with van der Waals surface area (Å²) in [6.45, 7) is 3.29. The van der Waals surface area contributed by atoms with E-state index in [0.717, 1.165) is 12.3 Å². The van der Waals surface area contributed by atoms with Crippen molar-refractivity contribution in [2.45, 2.75) is 31.1 Å². The van der Waals surface area contributed by atoms with Crippen LogP contribution in [0.25, 0.3) is 0 Å². The van der Waals surface area contributed by atoms with Gasteiger partial charge in [-0.15, -0.1) is 0 Å². The Kier molecular flexibility index (Phi) is 4.35. The highest BCUT2D eigenvalue weighted by Crippen LogP contribution is 2.39. The van der Waals surface area contributed by atoms with Gasteiger partial charge in [-0.2, -0.15) is 11.8 Å². The number of hydrogen-bond donors (Lipinski definition) is 1. The molecule has 0 heterocycles. The van der Waals surface area contributed by atoms with Gasteiger partial charge in [0.1, 0.15) is 5.75 Å². The van der Waals surface area contributed by atoms with Crippen LogP contribution in [0.1, 0.15) is 30.5 Å². The van der Waals surface area contributed by atoms with Gasteiger partial charge in [0.05, 0.1) is 7.11 Å². The summed E-state index contributed by atoms with van der Waals surface area (Å²) < 4.78 is 5.33. The Morgan fingerprint density at radius 1 is 1.47 bits per heavy atom. The maximum atomic E-state index is 5.33. The van der Waals surface area contributed by atoms with E-state index in [1.807, 2.05) is 11.8 Å².